The Morgan fingerprint density at radius 2 is 0.940 bits per heavy atom. The van der Waals surface area contributed by atoms with Gasteiger partial charge >= 0.3 is 0 Å². The number of benzene rings is 8. The van der Waals surface area contributed by atoms with E-state index >= 15 is 0 Å². The van der Waals surface area contributed by atoms with Gasteiger partial charge in [-0.05, 0) is 91.5 Å². The Morgan fingerprint density at radius 3 is 1.74 bits per heavy atom. The molecule has 11 rings (SSSR count). The zero-order chi connectivity index (χ0) is 33.0. The Bertz CT molecular complexity index is 2700. The van der Waals surface area contributed by atoms with Gasteiger partial charge in [-0.15, -0.1) is 0 Å². The normalized spacial score (nSPS) is 18.8. The van der Waals surface area contributed by atoms with Crippen LogP contribution in [-0.4, -0.2) is 0 Å². The molecule has 2 unspecified atom stereocenters. The van der Waals surface area contributed by atoms with Gasteiger partial charge in [0, 0.05) is 22.1 Å². The summed E-state index contributed by atoms with van der Waals surface area (Å²) in [5, 5.41) is 2.54. The van der Waals surface area contributed by atoms with Crippen LogP contribution in [0.1, 0.15) is 45.9 Å². The molecular formula is C49H32O. The van der Waals surface area contributed by atoms with Crippen LogP contribution < -0.4 is 4.74 Å². The molecule has 1 spiro atoms. The lowest BCUT2D eigenvalue weighted by molar-refractivity contribution is 0.429. The van der Waals surface area contributed by atoms with E-state index in [4.69, 9.17) is 4.74 Å². The Hall–Kier alpha value is -6.18. The van der Waals surface area contributed by atoms with Crippen molar-refractivity contribution in [2.75, 3.05) is 0 Å². The topological polar surface area (TPSA) is 9.23 Å². The number of hydrogen-bond acceptors (Lipinski definition) is 1. The molecule has 0 fully saturated rings. The second-order valence-corrected chi connectivity index (χ2v) is 14.1. The fourth-order valence-corrected chi connectivity index (χ4v) is 9.66. The molecule has 0 saturated carbocycles. The van der Waals surface area contributed by atoms with Crippen LogP contribution in [0.15, 0.2) is 176 Å². The lowest BCUT2D eigenvalue weighted by atomic mass is 9.68. The average Bonchev–Trinajstić information content (AvgIpc) is 3.64. The van der Waals surface area contributed by atoms with Crippen LogP contribution in [-0.2, 0) is 10.8 Å². The summed E-state index contributed by atoms with van der Waals surface area (Å²) in [6, 6.07) is 64.9. The molecule has 1 heterocycles. The molecule has 1 aliphatic heterocycles. The molecule has 3 aliphatic rings. The van der Waals surface area contributed by atoms with E-state index in [-0.39, 0.29) is 5.41 Å². The number of ether oxygens (including phenoxy) is 1. The highest BCUT2D eigenvalue weighted by Gasteiger charge is 2.52. The highest BCUT2D eigenvalue weighted by atomic mass is 16.5. The van der Waals surface area contributed by atoms with E-state index in [1.807, 2.05) is 0 Å². The third-order valence-electron chi connectivity index (χ3n) is 11.8. The van der Waals surface area contributed by atoms with Crippen LogP contribution in [0.2, 0.25) is 0 Å². The molecule has 0 bridgehead atoms. The molecule has 234 valence electrons. The molecule has 50 heavy (non-hydrogen) atoms. The lowest BCUT2D eigenvalue weighted by Crippen LogP contribution is -2.29. The third-order valence-corrected chi connectivity index (χ3v) is 11.8. The van der Waals surface area contributed by atoms with Crippen molar-refractivity contribution in [1.82, 2.24) is 0 Å². The summed E-state index contributed by atoms with van der Waals surface area (Å²) in [7, 11) is 0. The predicted octanol–water partition coefficient (Wildman–Crippen LogP) is 12.3. The zero-order valence-electron chi connectivity index (χ0n) is 27.7. The van der Waals surface area contributed by atoms with Crippen molar-refractivity contribution < 1.29 is 4.74 Å². The fourth-order valence-electron chi connectivity index (χ4n) is 9.66. The van der Waals surface area contributed by atoms with Crippen LogP contribution in [0.25, 0.3) is 44.2 Å². The highest BCUT2D eigenvalue weighted by molar-refractivity contribution is 6.03. The van der Waals surface area contributed by atoms with Crippen LogP contribution in [0.5, 0.6) is 11.5 Å². The van der Waals surface area contributed by atoms with Crippen molar-refractivity contribution in [3.63, 3.8) is 0 Å². The van der Waals surface area contributed by atoms with Gasteiger partial charge in [0.2, 0.25) is 0 Å². The molecule has 1 heteroatoms. The average molecular weight is 637 g/mol. The maximum Gasteiger partial charge on any atom is 0.139 e. The SMILES string of the molecule is CC1(c2ccccc2)c2ccccc2Oc2c(-c3cccc4c3-c3ccccc3C43c4ccccc4-c4cc5ccccc5cc43)cccc21. The number of fused-ring (bicyclic) bond motifs is 13. The standard InChI is InChI=1S/C49H32O/c1-48(33-17-3-2-4-18-33)41-25-11-12-28-45(41)50-47-36(22-14-27-43(47)48)35-21-13-26-42-46(35)37-20-8-10-24-40(37)49(42)39-23-9-7-19-34(39)38-29-31-15-5-6-16-32(31)30-44(38)49/h2-30H,1H3. The summed E-state index contributed by atoms with van der Waals surface area (Å²) >= 11 is 0. The molecule has 8 aromatic carbocycles. The number of rotatable bonds is 2. The van der Waals surface area contributed by atoms with E-state index in [0.29, 0.717) is 0 Å². The van der Waals surface area contributed by atoms with Crippen molar-refractivity contribution in [2.24, 2.45) is 0 Å². The summed E-state index contributed by atoms with van der Waals surface area (Å²) in [6.45, 7) is 2.35. The quantitative estimate of drug-likeness (QED) is 0.183. The predicted molar refractivity (Wildman–Crippen MR) is 204 cm³/mol. The monoisotopic (exact) mass is 636 g/mol. The number of hydrogen-bond donors (Lipinski definition) is 0. The zero-order valence-corrected chi connectivity index (χ0v) is 27.7. The van der Waals surface area contributed by atoms with E-state index in [2.05, 4.69) is 183 Å². The van der Waals surface area contributed by atoms with E-state index in [1.165, 1.54) is 77.5 Å². The van der Waals surface area contributed by atoms with Gasteiger partial charge in [0.1, 0.15) is 11.5 Å². The molecular weight excluding hydrogens is 605 g/mol. The summed E-state index contributed by atoms with van der Waals surface area (Å²) in [6.07, 6.45) is 0. The molecule has 2 atom stereocenters. The molecule has 0 radical (unpaired) electrons. The number of para-hydroxylation sites is 2. The van der Waals surface area contributed by atoms with Crippen molar-refractivity contribution in [2.45, 2.75) is 17.8 Å². The van der Waals surface area contributed by atoms with Crippen molar-refractivity contribution in [1.29, 1.82) is 0 Å². The summed E-state index contributed by atoms with van der Waals surface area (Å²) in [5.41, 5.74) is 15.7. The first-order valence-electron chi connectivity index (χ1n) is 17.5. The van der Waals surface area contributed by atoms with Gasteiger partial charge < -0.3 is 4.74 Å². The molecule has 1 nitrogen and oxygen atoms in total. The Kier molecular flexibility index (Phi) is 5.51. The maximum atomic E-state index is 7.01. The Morgan fingerprint density at radius 1 is 0.380 bits per heavy atom. The fraction of sp³-hybridized carbons (Fsp3) is 0.0612. The van der Waals surface area contributed by atoms with Gasteiger partial charge in [-0.2, -0.15) is 0 Å². The largest absolute Gasteiger partial charge is 0.456 e. The van der Waals surface area contributed by atoms with E-state index in [0.717, 1.165) is 17.1 Å². The first kappa shape index (κ1) is 27.7. The molecule has 0 saturated heterocycles. The van der Waals surface area contributed by atoms with Crippen LogP contribution in [0.4, 0.5) is 0 Å². The van der Waals surface area contributed by atoms with Gasteiger partial charge in [-0.25, -0.2) is 0 Å². The minimum absolute atomic E-state index is 0.386. The maximum absolute atomic E-state index is 7.01. The Balaban J connectivity index is 1.23. The highest BCUT2D eigenvalue weighted by Crippen LogP contribution is 2.65. The molecule has 0 aromatic heterocycles. The van der Waals surface area contributed by atoms with Gasteiger partial charge in [-0.3, -0.25) is 0 Å². The summed E-state index contributed by atoms with van der Waals surface area (Å²) < 4.78 is 7.01. The Labute approximate surface area is 292 Å². The van der Waals surface area contributed by atoms with Gasteiger partial charge in [-0.1, -0.05) is 158 Å². The van der Waals surface area contributed by atoms with Gasteiger partial charge in [0.15, 0.2) is 0 Å². The lowest BCUT2D eigenvalue weighted by Gasteiger charge is -2.39. The summed E-state index contributed by atoms with van der Waals surface area (Å²) in [5.74, 6) is 1.84. The first-order chi connectivity index (χ1) is 24.7. The van der Waals surface area contributed by atoms with E-state index in [9.17, 15) is 0 Å². The van der Waals surface area contributed by atoms with Gasteiger partial charge in [0.25, 0.3) is 0 Å². The van der Waals surface area contributed by atoms with E-state index in [1.54, 1.807) is 0 Å². The van der Waals surface area contributed by atoms with Crippen molar-refractivity contribution in [3.05, 3.63) is 215 Å². The van der Waals surface area contributed by atoms with Crippen LogP contribution >= 0.6 is 0 Å². The minimum atomic E-state index is -0.432. The molecule has 0 N–H and O–H groups in total. The summed E-state index contributed by atoms with van der Waals surface area (Å²) in [4.78, 5) is 0. The third kappa shape index (κ3) is 3.37. The van der Waals surface area contributed by atoms with Crippen molar-refractivity contribution >= 4 is 10.8 Å². The second kappa shape index (κ2) is 9.94. The molecule has 2 aliphatic carbocycles. The molecule has 0 amide bonds. The minimum Gasteiger partial charge on any atom is -0.456 e. The van der Waals surface area contributed by atoms with E-state index < -0.39 is 5.41 Å². The van der Waals surface area contributed by atoms with Gasteiger partial charge in [0.05, 0.1) is 5.41 Å². The van der Waals surface area contributed by atoms with Crippen LogP contribution in [0, 0.1) is 0 Å². The van der Waals surface area contributed by atoms with Crippen molar-refractivity contribution in [3.8, 4) is 44.9 Å². The van der Waals surface area contributed by atoms with Crippen LogP contribution in [0.3, 0.4) is 0 Å². The molecule has 8 aromatic rings. The second-order valence-electron chi connectivity index (χ2n) is 14.1. The first-order valence-corrected chi connectivity index (χ1v) is 17.5. The smallest absolute Gasteiger partial charge is 0.139 e.